The van der Waals surface area contributed by atoms with Crippen LogP contribution >= 0.6 is 0 Å². The van der Waals surface area contributed by atoms with Gasteiger partial charge in [0.15, 0.2) is 0 Å². The molecule has 0 spiro atoms. The first kappa shape index (κ1) is 12.0. The summed E-state index contributed by atoms with van der Waals surface area (Å²) < 4.78 is 0. The van der Waals surface area contributed by atoms with E-state index < -0.39 is 0 Å². The Morgan fingerprint density at radius 2 is 1.67 bits per heavy atom. The van der Waals surface area contributed by atoms with Crippen molar-refractivity contribution in [2.24, 2.45) is 0 Å². The molecule has 0 aromatic heterocycles. The molecule has 0 fully saturated rings. The van der Waals surface area contributed by atoms with Crippen LogP contribution in [0.1, 0.15) is 18.1 Å². The Morgan fingerprint density at radius 3 is 2.33 bits per heavy atom. The van der Waals surface area contributed by atoms with E-state index in [1.165, 1.54) is 6.07 Å². The minimum atomic E-state index is -0.357. The van der Waals surface area contributed by atoms with Crippen LogP contribution in [-0.2, 0) is 0 Å². The zero-order valence-corrected chi connectivity index (χ0v) is 10.0. The molecule has 0 aliphatic rings. The summed E-state index contributed by atoms with van der Waals surface area (Å²) in [7, 11) is 0. The SMILES string of the molecule is C/C(=C/c1ccccc1[N+](=O)[O-])c1ccccc1. The monoisotopic (exact) mass is 239 g/mol. The van der Waals surface area contributed by atoms with Crippen LogP contribution in [0.3, 0.4) is 0 Å². The molecule has 2 rings (SSSR count). The topological polar surface area (TPSA) is 43.1 Å². The van der Waals surface area contributed by atoms with Gasteiger partial charge in [-0.25, -0.2) is 0 Å². The molecule has 0 N–H and O–H groups in total. The maximum atomic E-state index is 10.9. The standard InChI is InChI=1S/C15H13NO2/c1-12(13-7-3-2-4-8-13)11-14-9-5-6-10-15(14)16(17)18/h2-11H,1H3/b12-11-. The second kappa shape index (κ2) is 5.27. The van der Waals surface area contributed by atoms with Crippen LogP contribution < -0.4 is 0 Å². The van der Waals surface area contributed by atoms with E-state index in [1.54, 1.807) is 18.2 Å². The van der Waals surface area contributed by atoms with Gasteiger partial charge in [-0.05, 0) is 30.2 Å². The number of rotatable bonds is 3. The van der Waals surface area contributed by atoms with Crippen LogP contribution in [0.5, 0.6) is 0 Å². The summed E-state index contributed by atoms with van der Waals surface area (Å²) in [6.07, 6.45) is 1.84. The molecule has 0 saturated heterocycles. The molecule has 2 aromatic rings. The molecule has 0 aliphatic carbocycles. The third-order valence-electron chi connectivity index (χ3n) is 2.73. The normalized spacial score (nSPS) is 11.3. The number of nitro groups is 1. The molecule has 2 aromatic carbocycles. The van der Waals surface area contributed by atoms with Crippen molar-refractivity contribution in [3.8, 4) is 0 Å². The summed E-state index contributed by atoms with van der Waals surface area (Å²) in [4.78, 5) is 10.6. The van der Waals surface area contributed by atoms with Crippen molar-refractivity contribution in [3.63, 3.8) is 0 Å². The summed E-state index contributed by atoms with van der Waals surface area (Å²) in [5.74, 6) is 0. The molecular weight excluding hydrogens is 226 g/mol. The predicted octanol–water partition coefficient (Wildman–Crippen LogP) is 4.16. The van der Waals surface area contributed by atoms with Gasteiger partial charge in [0.25, 0.3) is 5.69 Å². The Morgan fingerprint density at radius 1 is 1.06 bits per heavy atom. The second-order valence-electron chi connectivity index (χ2n) is 4.01. The highest BCUT2D eigenvalue weighted by Crippen LogP contribution is 2.23. The van der Waals surface area contributed by atoms with Crippen LogP contribution in [0, 0.1) is 10.1 Å². The lowest BCUT2D eigenvalue weighted by molar-refractivity contribution is -0.385. The molecule has 0 amide bonds. The third-order valence-corrected chi connectivity index (χ3v) is 2.73. The van der Waals surface area contributed by atoms with Crippen LogP contribution in [0.15, 0.2) is 54.6 Å². The summed E-state index contributed by atoms with van der Waals surface area (Å²) >= 11 is 0. The molecule has 0 unspecified atom stereocenters. The maximum absolute atomic E-state index is 10.9. The highest BCUT2D eigenvalue weighted by Gasteiger charge is 2.10. The average Bonchev–Trinajstić information content (AvgIpc) is 2.40. The second-order valence-corrected chi connectivity index (χ2v) is 4.01. The van der Waals surface area contributed by atoms with E-state index in [0.29, 0.717) is 5.56 Å². The summed E-state index contributed by atoms with van der Waals surface area (Å²) in [6, 6.07) is 16.6. The Kier molecular flexibility index (Phi) is 3.53. The average molecular weight is 239 g/mol. The van der Waals surface area contributed by atoms with Crippen LogP contribution in [-0.4, -0.2) is 4.92 Å². The molecule has 0 atom stereocenters. The fourth-order valence-corrected chi connectivity index (χ4v) is 1.79. The van der Waals surface area contributed by atoms with Gasteiger partial charge in [0.05, 0.1) is 10.5 Å². The number of para-hydroxylation sites is 1. The Hall–Kier alpha value is -2.42. The lowest BCUT2D eigenvalue weighted by Crippen LogP contribution is -1.91. The van der Waals surface area contributed by atoms with E-state index in [1.807, 2.05) is 43.3 Å². The molecule has 3 nitrogen and oxygen atoms in total. The van der Waals surface area contributed by atoms with Gasteiger partial charge in [0.2, 0.25) is 0 Å². The molecule has 0 saturated carbocycles. The van der Waals surface area contributed by atoms with Gasteiger partial charge in [0.1, 0.15) is 0 Å². The Balaban J connectivity index is 2.42. The van der Waals surface area contributed by atoms with Gasteiger partial charge in [-0.15, -0.1) is 0 Å². The Bertz CT molecular complexity index is 588. The number of nitrogens with zero attached hydrogens (tertiary/aromatic N) is 1. The number of nitro benzene ring substituents is 1. The van der Waals surface area contributed by atoms with Gasteiger partial charge in [0, 0.05) is 6.07 Å². The zero-order chi connectivity index (χ0) is 13.0. The largest absolute Gasteiger partial charge is 0.276 e. The first-order chi connectivity index (χ1) is 8.68. The summed E-state index contributed by atoms with van der Waals surface area (Å²) in [6.45, 7) is 1.95. The highest BCUT2D eigenvalue weighted by molar-refractivity contribution is 5.82. The molecular formula is C15H13NO2. The van der Waals surface area contributed by atoms with Crippen molar-refractivity contribution in [1.82, 2.24) is 0 Å². The smallest absolute Gasteiger partial charge is 0.258 e. The van der Waals surface area contributed by atoms with Gasteiger partial charge in [-0.1, -0.05) is 42.5 Å². The number of allylic oxidation sites excluding steroid dienone is 1. The van der Waals surface area contributed by atoms with Crippen molar-refractivity contribution < 1.29 is 4.92 Å². The van der Waals surface area contributed by atoms with Gasteiger partial charge in [-0.3, -0.25) is 10.1 Å². The van der Waals surface area contributed by atoms with Crippen molar-refractivity contribution >= 4 is 17.3 Å². The predicted molar refractivity (Wildman–Crippen MR) is 73.1 cm³/mol. The van der Waals surface area contributed by atoms with Crippen LogP contribution in [0.4, 0.5) is 5.69 Å². The molecule has 0 bridgehead atoms. The van der Waals surface area contributed by atoms with Crippen molar-refractivity contribution in [2.75, 3.05) is 0 Å². The first-order valence-electron chi connectivity index (χ1n) is 5.65. The fraction of sp³-hybridized carbons (Fsp3) is 0.0667. The fourth-order valence-electron chi connectivity index (χ4n) is 1.79. The van der Waals surface area contributed by atoms with Crippen LogP contribution in [0.2, 0.25) is 0 Å². The minimum absolute atomic E-state index is 0.132. The number of hydrogen-bond acceptors (Lipinski definition) is 2. The molecule has 18 heavy (non-hydrogen) atoms. The van der Waals surface area contributed by atoms with Crippen molar-refractivity contribution in [1.29, 1.82) is 0 Å². The number of hydrogen-bond donors (Lipinski definition) is 0. The van der Waals surface area contributed by atoms with E-state index in [2.05, 4.69) is 0 Å². The van der Waals surface area contributed by atoms with E-state index in [4.69, 9.17) is 0 Å². The van der Waals surface area contributed by atoms with Gasteiger partial charge >= 0.3 is 0 Å². The molecule has 90 valence electrons. The number of benzene rings is 2. The van der Waals surface area contributed by atoms with Crippen molar-refractivity contribution in [2.45, 2.75) is 6.92 Å². The lowest BCUT2D eigenvalue weighted by atomic mass is 10.0. The Labute approximate surface area is 106 Å². The molecule has 0 aliphatic heterocycles. The van der Waals surface area contributed by atoms with E-state index in [-0.39, 0.29) is 10.6 Å². The quantitative estimate of drug-likeness (QED) is 0.458. The molecule has 0 heterocycles. The van der Waals surface area contributed by atoms with Gasteiger partial charge < -0.3 is 0 Å². The maximum Gasteiger partial charge on any atom is 0.276 e. The summed E-state index contributed by atoms with van der Waals surface area (Å²) in [5, 5.41) is 10.9. The van der Waals surface area contributed by atoms with Crippen LogP contribution in [0.25, 0.3) is 11.6 Å². The van der Waals surface area contributed by atoms with Crippen molar-refractivity contribution in [3.05, 3.63) is 75.8 Å². The van der Waals surface area contributed by atoms with E-state index in [9.17, 15) is 10.1 Å². The summed E-state index contributed by atoms with van der Waals surface area (Å²) in [5.41, 5.74) is 2.83. The van der Waals surface area contributed by atoms with E-state index in [0.717, 1.165) is 11.1 Å². The van der Waals surface area contributed by atoms with Gasteiger partial charge in [-0.2, -0.15) is 0 Å². The lowest BCUT2D eigenvalue weighted by Gasteiger charge is -2.02. The zero-order valence-electron chi connectivity index (χ0n) is 10.0. The highest BCUT2D eigenvalue weighted by atomic mass is 16.6. The molecule has 3 heteroatoms. The third kappa shape index (κ3) is 2.63. The minimum Gasteiger partial charge on any atom is -0.258 e. The van der Waals surface area contributed by atoms with E-state index >= 15 is 0 Å². The molecule has 0 radical (unpaired) electrons. The first-order valence-corrected chi connectivity index (χ1v) is 5.65.